The van der Waals surface area contributed by atoms with Gasteiger partial charge in [0.25, 0.3) is 5.91 Å². The van der Waals surface area contributed by atoms with Crippen molar-refractivity contribution in [3.8, 4) is 0 Å². The number of H-pyrrole nitrogens is 1. The summed E-state index contributed by atoms with van der Waals surface area (Å²) in [5, 5.41) is 10.4. The van der Waals surface area contributed by atoms with E-state index in [1.54, 1.807) is 4.90 Å². The average molecular weight is 298 g/mol. The maximum absolute atomic E-state index is 12.7. The van der Waals surface area contributed by atoms with Crippen LogP contribution in [0, 0.1) is 17.8 Å². The van der Waals surface area contributed by atoms with E-state index in [2.05, 4.69) is 4.98 Å². The topological polar surface area (TPSA) is 73.4 Å². The van der Waals surface area contributed by atoms with E-state index in [0.29, 0.717) is 24.7 Å². The Morgan fingerprint density at radius 3 is 2.64 bits per heavy atom. The quantitative estimate of drug-likeness (QED) is 0.913. The Hall–Kier alpha value is -2.30. The first kappa shape index (κ1) is 13.4. The highest BCUT2D eigenvalue weighted by Crippen LogP contribution is 2.44. The molecule has 2 N–H and O–H groups in total. The molecule has 1 aromatic carbocycles. The fourth-order valence-corrected chi connectivity index (χ4v) is 3.62. The van der Waals surface area contributed by atoms with Gasteiger partial charge in [-0.1, -0.05) is 18.2 Å². The number of aliphatic carboxylic acids is 1. The van der Waals surface area contributed by atoms with Crippen LogP contribution in [0.3, 0.4) is 0 Å². The van der Waals surface area contributed by atoms with Crippen LogP contribution in [-0.2, 0) is 4.79 Å². The second kappa shape index (κ2) is 4.87. The summed E-state index contributed by atoms with van der Waals surface area (Å²) in [4.78, 5) is 29.0. The number of nitrogens with one attached hydrogen (secondary N) is 1. The number of hydrogen-bond donors (Lipinski definition) is 2. The molecular weight excluding hydrogens is 280 g/mol. The minimum Gasteiger partial charge on any atom is -0.481 e. The second-order valence-electron chi connectivity index (χ2n) is 6.43. The summed E-state index contributed by atoms with van der Waals surface area (Å²) in [6.45, 7) is 0.889. The number of nitrogens with zero attached hydrogens (tertiary/aromatic N) is 1. The summed E-state index contributed by atoms with van der Waals surface area (Å²) in [5.74, 6) is -0.678. The molecule has 1 aliphatic carbocycles. The van der Waals surface area contributed by atoms with E-state index in [1.807, 2.05) is 30.3 Å². The van der Waals surface area contributed by atoms with Crippen LogP contribution < -0.4 is 0 Å². The van der Waals surface area contributed by atoms with Gasteiger partial charge in [0.1, 0.15) is 5.69 Å². The monoisotopic (exact) mass is 298 g/mol. The zero-order valence-electron chi connectivity index (χ0n) is 12.2. The van der Waals surface area contributed by atoms with Gasteiger partial charge in [-0.05, 0) is 36.8 Å². The molecule has 2 atom stereocenters. The van der Waals surface area contributed by atoms with Gasteiger partial charge in [-0.15, -0.1) is 0 Å². The molecular formula is C17H18N2O3. The standard InChI is InChI=1S/C17H18N2O3/c20-16(15-7-11-3-1-2-4-14(11)18-15)19-8-12(10-5-6-10)13(9-19)17(21)22/h1-4,7,10,12-13,18H,5-6,8-9H2,(H,21,22)/t12-,13+/m1/s1. The molecule has 0 bridgehead atoms. The summed E-state index contributed by atoms with van der Waals surface area (Å²) in [6.07, 6.45) is 2.20. The lowest BCUT2D eigenvalue weighted by molar-refractivity contribution is -0.142. The van der Waals surface area contributed by atoms with E-state index < -0.39 is 11.9 Å². The molecule has 0 spiro atoms. The zero-order chi connectivity index (χ0) is 15.3. The third-order valence-corrected chi connectivity index (χ3v) is 4.96. The van der Waals surface area contributed by atoms with Crippen molar-refractivity contribution < 1.29 is 14.7 Å². The Morgan fingerprint density at radius 2 is 1.95 bits per heavy atom. The Balaban J connectivity index is 1.58. The van der Waals surface area contributed by atoms with Crippen molar-refractivity contribution in [1.29, 1.82) is 0 Å². The van der Waals surface area contributed by atoms with Gasteiger partial charge in [-0.2, -0.15) is 0 Å². The van der Waals surface area contributed by atoms with Crippen molar-refractivity contribution in [1.82, 2.24) is 9.88 Å². The number of hydrogen-bond acceptors (Lipinski definition) is 2. The van der Waals surface area contributed by atoms with E-state index in [-0.39, 0.29) is 11.8 Å². The maximum Gasteiger partial charge on any atom is 0.308 e. The molecule has 5 nitrogen and oxygen atoms in total. The number of rotatable bonds is 3. The molecule has 1 aromatic heterocycles. The summed E-state index contributed by atoms with van der Waals surface area (Å²) in [5.41, 5.74) is 1.47. The fraction of sp³-hybridized carbons (Fsp3) is 0.412. The number of amides is 1. The lowest BCUT2D eigenvalue weighted by Crippen LogP contribution is -2.30. The number of para-hydroxylation sites is 1. The zero-order valence-corrected chi connectivity index (χ0v) is 12.2. The Bertz CT molecular complexity index is 714. The smallest absolute Gasteiger partial charge is 0.308 e. The van der Waals surface area contributed by atoms with Crippen molar-refractivity contribution in [2.45, 2.75) is 12.8 Å². The first-order chi connectivity index (χ1) is 10.6. The fourth-order valence-electron chi connectivity index (χ4n) is 3.62. The van der Waals surface area contributed by atoms with Crippen molar-refractivity contribution in [2.24, 2.45) is 17.8 Å². The van der Waals surface area contributed by atoms with E-state index in [9.17, 15) is 14.7 Å². The van der Waals surface area contributed by atoms with Crippen LogP contribution in [0.2, 0.25) is 0 Å². The first-order valence-electron chi connectivity index (χ1n) is 7.73. The number of benzene rings is 1. The minimum absolute atomic E-state index is 0.0920. The van der Waals surface area contributed by atoms with E-state index in [4.69, 9.17) is 0 Å². The van der Waals surface area contributed by atoms with Gasteiger partial charge in [-0.25, -0.2) is 0 Å². The highest BCUT2D eigenvalue weighted by Gasteiger charge is 2.47. The second-order valence-corrected chi connectivity index (χ2v) is 6.43. The third kappa shape index (κ3) is 2.17. The molecule has 2 fully saturated rings. The average Bonchev–Trinajstić information content (AvgIpc) is 3.11. The van der Waals surface area contributed by atoms with E-state index in [0.717, 1.165) is 23.7 Å². The van der Waals surface area contributed by atoms with Crippen LogP contribution in [-0.4, -0.2) is 40.0 Å². The SMILES string of the molecule is O=C(O)[C@H]1CN(C(=O)c2cc3ccccc3[nH]2)C[C@@H]1C1CC1. The molecule has 1 saturated carbocycles. The van der Waals surface area contributed by atoms with Crippen LogP contribution in [0.25, 0.3) is 10.9 Å². The molecule has 0 unspecified atom stereocenters. The number of carbonyl (C=O) groups excluding carboxylic acids is 1. The highest BCUT2D eigenvalue weighted by atomic mass is 16.4. The van der Waals surface area contributed by atoms with Gasteiger partial charge in [-0.3, -0.25) is 9.59 Å². The normalized spacial score (nSPS) is 24.8. The number of likely N-dealkylation sites (tertiary alicyclic amines) is 1. The highest BCUT2D eigenvalue weighted by molar-refractivity contribution is 5.98. The van der Waals surface area contributed by atoms with Crippen molar-refractivity contribution in [2.75, 3.05) is 13.1 Å². The van der Waals surface area contributed by atoms with Crippen LogP contribution in [0.5, 0.6) is 0 Å². The lowest BCUT2D eigenvalue weighted by atomic mass is 9.92. The predicted octanol–water partition coefficient (Wildman–Crippen LogP) is 2.35. The van der Waals surface area contributed by atoms with Gasteiger partial charge < -0.3 is 15.0 Å². The number of aromatic amines is 1. The molecule has 2 aromatic rings. The molecule has 1 saturated heterocycles. The van der Waals surface area contributed by atoms with Crippen LogP contribution in [0.15, 0.2) is 30.3 Å². The van der Waals surface area contributed by atoms with Gasteiger partial charge in [0, 0.05) is 24.0 Å². The molecule has 22 heavy (non-hydrogen) atoms. The summed E-state index contributed by atoms with van der Waals surface area (Å²) in [6, 6.07) is 9.59. The van der Waals surface area contributed by atoms with Crippen LogP contribution in [0.1, 0.15) is 23.3 Å². The molecule has 2 heterocycles. The molecule has 5 heteroatoms. The van der Waals surface area contributed by atoms with Gasteiger partial charge >= 0.3 is 5.97 Å². The molecule has 4 rings (SSSR count). The number of fused-ring (bicyclic) bond motifs is 1. The van der Waals surface area contributed by atoms with Gasteiger partial charge in [0.15, 0.2) is 0 Å². The van der Waals surface area contributed by atoms with Crippen LogP contribution in [0.4, 0.5) is 0 Å². The van der Waals surface area contributed by atoms with Crippen molar-refractivity contribution in [3.05, 3.63) is 36.0 Å². The molecule has 0 radical (unpaired) electrons. The molecule has 114 valence electrons. The number of aromatic nitrogens is 1. The molecule has 1 aliphatic heterocycles. The number of carboxylic acid groups (broad SMARTS) is 1. The van der Waals surface area contributed by atoms with E-state index >= 15 is 0 Å². The third-order valence-electron chi connectivity index (χ3n) is 4.96. The van der Waals surface area contributed by atoms with Gasteiger partial charge in [0.2, 0.25) is 0 Å². The minimum atomic E-state index is -0.774. The first-order valence-corrected chi connectivity index (χ1v) is 7.73. The van der Waals surface area contributed by atoms with Crippen molar-refractivity contribution >= 4 is 22.8 Å². The number of carboxylic acids is 1. The molecule has 1 amide bonds. The van der Waals surface area contributed by atoms with Gasteiger partial charge in [0.05, 0.1) is 5.92 Å². The maximum atomic E-state index is 12.7. The number of carbonyl (C=O) groups is 2. The summed E-state index contributed by atoms with van der Waals surface area (Å²) < 4.78 is 0. The summed E-state index contributed by atoms with van der Waals surface area (Å²) >= 11 is 0. The Kier molecular flexibility index (Phi) is 2.96. The van der Waals surface area contributed by atoms with Crippen LogP contribution >= 0.6 is 0 Å². The Morgan fingerprint density at radius 1 is 1.18 bits per heavy atom. The predicted molar refractivity (Wildman–Crippen MR) is 81.5 cm³/mol. The summed E-state index contributed by atoms with van der Waals surface area (Å²) in [7, 11) is 0. The molecule has 2 aliphatic rings. The Labute approximate surface area is 127 Å². The lowest BCUT2D eigenvalue weighted by Gasteiger charge is -2.15. The van der Waals surface area contributed by atoms with E-state index in [1.165, 1.54) is 0 Å². The van der Waals surface area contributed by atoms with Crippen molar-refractivity contribution in [3.63, 3.8) is 0 Å². The largest absolute Gasteiger partial charge is 0.481 e.